The molecule has 4 aliphatic heterocycles. The first-order valence-corrected chi connectivity index (χ1v) is 28.7. The first kappa shape index (κ1) is 61.1. The predicted octanol–water partition coefficient (Wildman–Crippen LogP) is 7.00. The van der Waals surface area contributed by atoms with Gasteiger partial charge in [0.05, 0.1) is 31.1 Å². The number of alkyl carbamates (subject to hydrolysis) is 1. The normalized spacial score (nSPS) is 25.5. The van der Waals surface area contributed by atoms with Crippen LogP contribution in [-0.2, 0) is 65.9 Å². The second kappa shape index (κ2) is 25.9. The van der Waals surface area contributed by atoms with Crippen molar-refractivity contribution in [3.8, 4) is 5.75 Å². The van der Waals surface area contributed by atoms with Gasteiger partial charge < -0.3 is 33.7 Å². The summed E-state index contributed by atoms with van der Waals surface area (Å²) in [6.07, 6.45) is 4.61. The van der Waals surface area contributed by atoms with Gasteiger partial charge in [0.1, 0.15) is 51.9 Å². The van der Waals surface area contributed by atoms with Gasteiger partial charge in [0.15, 0.2) is 11.5 Å². The molecular formula is C57H65ClN4O16S2. The van der Waals surface area contributed by atoms with Crippen LogP contribution in [0.25, 0.3) is 0 Å². The Kier molecular flexibility index (Phi) is 19.8. The van der Waals surface area contributed by atoms with Crippen molar-refractivity contribution in [2.75, 3.05) is 45.0 Å². The van der Waals surface area contributed by atoms with E-state index in [1.807, 2.05) is 13.0 Å². The van der Waals surface area contributed by atoms with Gasteiger partial charge >= 0.3 is 12.1 Å². The molecule has 0 aromatic heterocycles. The number of carbonyl (C=O) groups is 7. The molecule has 428 valence electrons. The fourth-order valence-corrected chi connectivity index (χ4v) is 11.7. The minimum absolute atomic E-state index is 0.0883. The number of fused-ring (bicyclic) bond motifs is 5. The number of allylic oxidation sites excluding steroid dienone is 3. The maximum atomic E-state index is 14.3. The number of thioether (sulfide) groups is 1. The predicted molar refractivity (Wildman–Crippen MR) is 297 cm³/mol. The van der Waals surface area contributed by atoms with Crippen molar-refractivity contribution in [3.05, 3.63) is 118 Å². The Labute approximate surface area is 473 Å². The van der Waals surface area contributed by atoms with Crippen molar-refractivity contribution in [1.29, 1.82) is 0 Å². The molecule has 7 atom stereocenters. The van der Waals surface area contributed by atoms with Crippen LogP contribution in [-0.4, -0.2) is 146 Å². The Morgan fingerprint density at radius 2 is 1.71 bits per heavy atom. The summed E-state index contributed by atoms with van der Waals surface area (Å²) in [6, 6.07) is 14.2. The molecule has 0 saturated carbocycles. The van der Waals surface area contributed by atoms with E-state index in [1.165, 1.54) is 43.4 Å². The number of Topliss-reactive ketones (excluding diaryl/α,β-unsaturated/α-hetero) is 2. The highest BCUT2D eigenvalue weighted by Gasteiger charge is 2.64. The van der Waals surface area contributed by atoms with Gasteiger partial charge in [-0.1, -0.05) is 66.9 Å². The average Bonchev–Trinajstić information content (AvgIpc) is 4.08. The zero-order chi connectivity index (χ0) is 58.3. The summed E-state index contributed by atoms with van der Waals surface area (Å²) < 4.78 is 64.4. The van der Waals surface area contributed by atoms with E-state index < -0.39 is 87.0 Å². The Balaban J connectivity index is 0.997. The monoisotopic (exact) mass is 1160 g/mol. The molecule has 0 radical (unpaired) electrons. The number of nitrogens with zero attached hydrogens (tertiary/aromatic N) is 3. The van der Waals surface area contributed by atoms with Crippen LogP contribution < -0.4 is 15.0 Å². The molecule has 3 aromatic rings. The lowest BCUT2D eigenvalue weighted by molar-refractivity contribution is -0.150. The largest absolute Gasteiger partial charge is 0.495 e. The molecule has 4 bridgehead atoms. The van der Waals surface area contributed by atoms with Crippen molar-refractivity contribution in [2.45, 2.75) is 125 Å². The number of aliphatic imine (C=N–C) groups is 1. The third-order valence-electron chi connectivity index (χ3n) is 14.6. The lowest BCUT2D eigenvalue weighted by Gasteiger charge is -2.42. The number of ether oxygens (including phenoxy) is 5. The van der Waals surface area contributed by atoms with E-state index in [9.17, 15) is 51.6 Å². The Morgan fingerprint density at radius 3 is 2.39 bits per heavy atom. The Morgan fingerprint density at radius 1 is 1.00 bits per heavy atom. The molecule has 20 nitrogen and oxygen atoms in total. The summed E-state index contributed by atoms with van der Waals surface area (Å²) in [5.74, 6) is -3.19. The van der Waals surface area contributed by atoms with E-state index in [2.05, 4.69) is 10.3 Å². The number of benzene rings is 3. The van der Waals surface area contributed by atoms with E-state index in [0.717, 1.165) is 33.9 Å². The number of ketones is 2. The molecule has 0 unspecified atom stereocenters. The molecule has 4 amide bonds. The Hall–Kier alpha value is -6.53. The zero-order valence-electron chi connectivity index (χ0n) is 45.4. The number of halogens is 1. The lowest BCUT2D eigenvalue weighted by Crippen LogP contribution is -2.63. The number of esters is 1. The van der Waals surface area contributed by atoms with Crippen molar-refractivity contribution in [1.82, 2.24) is 10.2 Å². The summed E-state index contributed by atoms with van der Waals surface area (Å²) in [5.41, 5.74) is -0.0658. The third-order valence-corrected chi connectivity index (χ3v) is 16.8. The first-order valence-electron chi connectivity index (χ1n) is 25.8. The summed E-state index contributed by atoms with van der Waals surface area (Å²) in [4.78, 5) is 97.7. The topological polar surface area (TPSA) is 274 Å². The smallest absolute Gasteiger partial charge is 0.409 e. The number of nitrogens with one attached hydrogen (secondary N) is 1. The number of hydrogen-bond acceptors (Lipinski definition) is 17. The number of amides is 4. The highest BCUT2D eigenvalue weighted by molar-refractivity contribution is 8.00. The molecule has 3 N–H and O–H groups in total. The SMILES string of the molecule is COc1cc2cc(c1Cl)N(C)C(=O)C[C@H](OC(=O)CSc1ccc(C(C)=NCC(=O)c3ccc(CC(=O)CCCCCN4C(=O)C=CC4=O)cc3S(=O)(=O)O)cc1)[C@]1(C)O[C@H]1[C@H](C)[C@@H]1C[C@@](O)(NC(=O)O1)[C@H](OC)/C=C/C=C(\C)C2. The van der Waals surface area contributed by atoms with Gasteiger partial charge in [-0.15, -0.1) is 11.8 Å². The minimum Gasteiger partial charge on any atom is -0.495 e. The quantitative estimate of drug-likeness (QED) is 0.0159. The minimum atomic E-state index is -4.89. The van der Waals surface area contributed by atoms with Crippen LogP contribution in [0.2, 0.25) is 5.02 Å². The van der Waals surface area contributed by atoms with Crippen molar-refractivity contribution in [3.63, 3.8) is 0 Å². The van der Waals surface area contributed by atoms with Crippen LogP contribution in [0.1, 0.15) is 93.3 Å². The van der Waals surface area contributed by atoms with Crippen LogP contribution in [0, 0.1) is 5.92 Å². The number of anilines is 1. The van der Waals surface area contributed by atoms with Crippen LogP contribution in [0.15, 0.2) is 105 Å². The summed E-state index contributed by atoms with van der Waals surface area (Å²) in [5, 5.41) is 14.6. The van der Waals surface area contributed by atoms with Gasteiger partial charge in [-0.3, -0.25) is 48.5 Å². The fraction of sp³-hybridized carbons (Fsp3) is 0.439. The Bertz CT molecular complexity index is 3140. The molecule has 4 heterocycles. The molecule has 0 spiro atoms. The molecule has 23 heteroatoms. The molecule has 80 heavy (non-hydrogen) atoms. The number of rotatable bonds is 19. The fourth-order valence-electron chi connectivity index (χ4n) is 9.96. The molecule has 2 fully saturated rings. The second-order valence-electron chi connectivity index (χ2n) is 20.4. The van der Waals surface area contributed by atoms with E-state index in [1.54, 1.807) is 76.4 Å². The highest BCUT2D eigenvalue weighted by Crippen LogP contribution is 2.49. The average molecular weight is 1160 g/mol. The number of hydrogen-bond donors (Lipinski definition) is 3. The molecule has 4 aliphatic rings. The molecule has 0 aliphatic carbocycles. The van der Waals surface area contributed by atoms with Gasteiger partial charge in [0.2, 0.25) is 5.91 Å². The van der Waals surface area contributed by atoms with Crippen LogP contribution in [0.4, 0.5) is 10.5 Å². The van der Waals surface area contributed by atoms with Crippen molar-refractivity contribution in [2.24, 2.45) is 10.9 Å². The zero-order valence-corrected chi connectivity index (χ0v) is 47.8. The van der Waals surface area contributed by atoms with E-state index in [0.29, 0.717) is 53.3 Å². The molecule has 2 saturated heterocycles. The second-order valence-corrected chi connectivity index (χ2v) is 23.2. The van der Waals surface area contributed by atoms with Gasteiger partial charge in [-0.05, 0) is 93.1 Å². The van der Waals surface area contributed by atoms with Crippen LogP contribution in [0.3, 0.4) is 0 Å². The third kappa shape index (κ3) is 14.9. The standard InChI is InChI=1S/C57H65ClN4O16S2/c1-33-12-11-14-47(75-7)57(70)30-45(76-55(69)60-57)34(2)54-56(4,78-54)48(29-51(67)61(5)42-26-37(24-33)27-44(74-6)53(42)58)77-52(68)32-79-40-18-16-38(17-19-40)35(3)59-31-43(64)41-20-15-36(28-46(41)80(71,72)73)25-39(63)13-9-8-10-23-62-49(65)21-22-50(62)66/h11-12,14-22,26-28,34,45,47-48,54,70H,8-10,13,23-25,29-32H2,1-7H3,(H,60,69)(H,71,72,73)/b14-11+,33-12+,59-35?/t34-,45+,47-,48+,54+,56+,57+/m1/s1. The molecule has 3 aromatic carbocycles. The summed E-state index contributed by atoms with van der Waals surface area (Å²) in [6.45, 7) is 6.82. The number of aliphatic hydroxyl groups is 1. The van der Waals surface area contributed by atoms with Gasteiger partial charge in [-0.25, -0.2) is 4.79 Å². The number of carbonyl (C=O) groups excluding carboxylic acids is 7. The van der Waals surface area contributed by atoms with E-state index in [-0.39, 0.29) is 71.7 Å². The van der Waals surface area contributed by atoms with Gasteiger partial charge in [-0.2, -0.15) is 8.42 Å². The van der Waals surface area contributed by atoms with Crippen LogP contribution >= 0.6 is 23.4 Å². The maximum Gasteiger partial charge on any atom is 0.409 e. The number of unbranched alkanes of at least 4 members (excludes halogenated alkanes) is 2. The first-order chi connectivity index (χ1) is 37.8. The number of methoxy groups -OCH3 is 2. The molecular weight excluding hydrogens is 1100 g/mol. The van der Waals surface area contributed by atoms with Crippen molar-refractivity contribution >= 4 is 86.2 Å². The van der Waals surface area contributed by atoms with Gasteiger partial charge in [0, 0.05) is 74.2 Å². The van der Waals surface area contributed by atoms with E-state index >= 15 is 0 Å². The van der Waals surface area contributed by atoms with Gasteiger partial charge in [0.25, 0.3) is 21.9 Å². The molecule has 7 rings (SSSR count). The lowest BCUT2D eigenvalue weighted by atomic mass is 9.83. The summed E-state index contributed by atoms with van der Waals surface area (Å²) in [7, 11) is -0.442. The van der Waals surface area contributed by atoms with E-state index in [4.69, 9.17) is 35.3 Å². The highest BCUT2D eigenvalue weighted by atomic mass is 35.5. The number of imide groups is 1. The maximum absolute atomic E-state index is 14.3. The van der Waals surface area contributed by atoms with Crippen molar-refractivity contribution < 1.29 is 75.3 Å². The number of epoxide rings is 1. The van der Waals surface area contributed by atoms with Crippen LogP contribution in [0.5, 0.6) is 5.75 Å². The summed E-state index contributed by atoms with van der Waals surface area (Å²) >= 11 is 7.97.